The first-order valence-electron chi connectivity index (χ1n) is 15.5. The third-order valence-corrected chi connectivity index (χ3v) is 7.74. The Morgan fingerprint density at radius 2 is 1.46 bits per heavy atom. The Morgan fingerprint density at radius 3 is 2.17 bits per heavy atom. The molecule has 46 heavy (non-hydrogen) atoms. The molecule has 7 aromatic rings. The van der Waals surface area contributed by atoms with Crippen LogP contribution in [0.15, 0.2) is 120 Å². The predicted octanol–water partition coefficient (Wildman–Crippen LogP) is 10.8. The van der Waals surface area contributed by atoms with Gasteiger partial charge in [0.2, 0.25) is 0 Å². The van der Waals surface area contributed by atoms with Gasteiger partial charge in [-0.1, -0.05) is 99.3 Å². The van der Waals surface area contributed by atoms with E-state index >= 15 is 0 Å². The van der Waals surface area contributed by atoms with Crippen LogP contribution < -0.4 is 0 Å². The number of fused-ring (bicyclic) bond motifs is 3. The van der Waals surface area contributed by atoms with Crippen molar-refractivity contribution < 1.29 is 24.5 Å². The van der Waals surface area contributed by atoms with Gasteiger partial charge in [-0.3, -0.25) is 0 Å². The summed E-state index contributed by atoms with van der Waals surface area (Å²) in [6.45, 7) is 10.9. The van der Waals surface area contributed by atoms with E-state index in [0.717, 1.165) is 51.9 Å². The molecule has 0 atom stereocenters. The molecule has 0 unspecified atom stereocenters. The molecular formula is C42H38IrN2O-2. The summed E-state index contributed by atoms with van der Waals surface area (Å²) in [5.74, 6) is 0. The van der Waals surface area contributed by atoms with Crippen LogP contribution in [0.2, 0.25) is 0 Å². The summed E-state index contributed by atoms with van der Waals surface area (Å²) < 4.78 is 6.16. The number of aromatic nitrogens is 2. The zero-order valence-corrected chi connectivity index (χ0v) is 29.4. The van der Waals surface area contributed by atoms with Crippen molar-refractivity contribution in [3.63, 3.8) is 0 Å². The number of hydrogen-bond acceptors (Lipinski definition) is 3. The average molecular weight is 779 g/mol. The Hall–Kier alpha value is -4.37. The van der Waals surface area contributed by atoms with Crippen LogP contribution >= 0.6 is 0 Å². The number of benzene rings is 4. The normalized spacial score (nSPS) is 11.2. The van der Waals surface area contributed by atoms with Crippen molar-refractivity contribution in [1.29, 1.82) is 0 Å². The Kier molecular flexibility index (Phi) is 10.3. The fourth-order valence-corrected chi connectivity index (χ4v) is 5.59. The molecule has 0 bridgehead atoms. The molecule has 4 aromatic carbocycles. The molecule has 7 rings (SSSR count). The maximum absolute atomic E-state index is 6.16. The Balaban J connectivity index is 0.000000234. The van der Waals surface area contributed by atoms with Crippen molar-refractivity contribution in [1.82, 2.24) is 9.97 Å². The quantitative estimate of drug-likeness (QED) is 0.163. The molecule has 0 N–H and O–H groups in total. The topological polar surface area (TPSA) is 38.9 Å². The third-order valence-electron chi connectivity index (χ3n) is 7.74. The van der Waals surface area contributed by atoms with E-state index in [1.165, 1.54) is 33.2 Å². The molecule has 0 amide bonds. The molecule has 0 saturated heterocycles. The zero-order valence-electron chi connectivity index (χ0n) is 27.0. The van der Waals surface area contributed by atoms with Crippen LogP contribution in [-0.4, -0.2) is 9.97 Å². The van der Waals surface area contributed by atoms with E-state index in [-0.39, 0.29) is 25.5 Å². The van der Waals surface area contributed by atoms with Gasteiger partial charge in [0, 0.05) is 37.9 Å². The van der Waals surface area contributed by atoms with E-state index in [1.807, 2.05) is 49.6 Å². The number of pyridine rings is 2. The third kappa shape index (κ3) is 8.07. The largest absolute Gasteiger partial charge is 0.500 e. The number of nitrogens with zero attached hydrogens (tertiary/aromatic N) is 2. The fourth-order valence-electron chi connectivity index (χ4n) is 5.59. The van der Waals surface area contributed by atoms with Gasteiger partial charge in [0.05, 0.1) is 5.58 Å². The second-order valence-electron chi connectivity index (χ2n) is 13.0. The van der Waals surface area contributed by atoms with Crippen LogP contribution in [0.25, 0.3) is 44.5 Å². The maximum Gasteiger partial charge on any atom is 0.121 e. The van der Waals surface area contributed by atoms with Gasteiger partial charge in [0.15, 0.2) is 0 Å². The molecule has 0 fully saturated rings. The Bertz CT molecular complexity index is 1990. The van der Waals surface area contributed by atoms with Crippen LogP contribution in [0.3, 0.4) is 0 Å². The predicted molar refractivity (Wildman–Crippen MR) is 186 cm³/mol. The summed E-state index contributed by atoms with van der Waals surface area (Å²) in [6.07, 6.45) is 5.67. The monoisotopic (exact) mass is 779 g/mol. The molecule has 0 saturated carbocycles. The molecule has 0 aliphatic rings. The minimum atomic E-state index is 0. The molecule has 4 heteroatoms. The van der Waals surface area contributed by atoms with Crippen LogP contribution in [0, 0.1) is 31.4 Å². The zero-order chi connectivity index (χ0) is 31.4. The van der Waals surface area contributed by atoms with Crippen molar-refractivity contribution in [2.45, 2.75) is 47.5 Å². The molecular weight excluding hydrogens is 741 g/mol. The van der Waals surface area contributed by atoms with Gasteiger partial charge in [-0.25, -0.2) is 0 Å². The number of furan rings is 1. The van der Waals surface area contributed by atoms with Crippen molar-refractivity contribution >= 4 is 21.9 Å². The first kappa shape index (κ1) is 33.0. The summed E-state index contributed by atoms with van der Waals surface area (Å²) >= 11 is 0. The van der Waals surface area contributed by atoms with Gasteiger partial charge >= 0.3 is 0 Å². The van der Waals surface area contributed by atoms with Crippen molar-refractivity contribution in [3.05, 3.63) is 155 Å². The van der Waals surface area contributed by atoms with Crippen molar-refractivity contribution in [2.24, 2.45) is 5.41 Å². The van der Waals surface area contributed by atoms with Gasteiger partial charge in [0.1, 0.15) is 5.58 Å². The second kappa shape index (κ2) is 14.4. The van der Waals surface area contributed by atoms with Gasteiger partial charge in [0.25, 0.3) is 0 Å². The Morgan fingerprint density at radius 1 is 0.674 bits per heavy atom. The van der Waals surface area contributed by atoms with Gasteiger partial charge in [-0.2, -0.15) is 0 Å². The summed E-state index contributed by atoms with van der Waals surface area (Å²) in [5.41, 5.74) is 12.3. The maximum atomic E-state index is 6.16. The van der Waals surface area contributed by atoms with Gasteiger partial charge < -0.3 is 14.4 Å². The van der Waals surface area contributed by atoms with Gasteiger partial charge in [-0.15, -0.1) is 59.2 Å². The van der Waals surface area contributed by atoms with Crippen molar-refractivity contribution in [3.8, 4) is 22.5 Å². The smallest absolute Gasteiger partial charge is 0.121 e. The van der Waals surface area contributed by atoms with Crippen LogP contribution in [0.4, 0.5) is 0 Å². The fraction of sp³-hybridized carbons (Fsp3) is 0.190. The van der Waals surface area contributed by atoms with E-state index in [1.54, 1.807) is 0 Å². The van der Waals surface area contributed by atoms with E-state index in [0.29, 0.717) is 0 Å². The minimum absolute atomic E-state index is 0. The molecule has 3 heterocycles. The molecule has 0 aliphatic carbocycles. The standard InChI is InChI=1S/C29H26NO.C13H12N.Ir/c1-29(2,3)19-21-14-15-30-25(17-21)22-12-13-26-24(18-22)28-23(10-7-11-27(28)31-26)16-20-8-5-4-6-9-20;1-10-3-6-12(7-4-10)13-8-5-11(2)9-14-13;/h4-11,13-15,17-18H,16,19H2,1-3H3;3-6,8-9H,1-2H3;/q2*-1;. The summed E-state index contributed by atoms with van der Waals surface area (Å²) in [7, 11) is 0. The van der Waals surface area contributed by atoms with E-state index in [9.17, 15) is 0 Å². The first-order chi connectivity index (χ1) is 21.7. The van der Waals surface area contributed by atoms with E-state index in [4.69, 9.17) is 4.42 Å². The SMILES string of the molecule is CC(C)(C)Cc1ccnc(-c2[c-]cc3oc4cccc(Cc5ccccc5)c4c3c2)c1.Cc1c[c-]c(-c2ccc(C)cn2)cc1.[Ir]. The molecule has 0 aliphatic heterocycles. The summed E-state index contributed by atoms with van der Waals surface area (Å²) in [5, 5.41) is 2.31. The van der Waals surface area contributed by atoms with Crippen molar-refractivity contribution in [2.75, 3.05) is 0 Å². The molecule has 233 valence electrons. The minimum Gasteiger partial charge on any atom is -0.500 e. The molecule has 3 nitrogen and oxygen atoms in total. The Labute approximate surface area is 286 Å². The summed E-state index contributed by atoms with van der Waals surface area (Å²) in [4.78, 5) is 8.99. The number of hydrogen-bond donors (Lipinski definition) is 0. The van der Waals surface area contributed by atoms with Crippen LogP contribution in [0.1, 0.15) is 48.6 Å². The average Bonchev–Trinajstić information content (AvgIpc) is 3.41. The van der Waals surface area contributed by atoms with E-state index in [2.05, 4.69) is 123 Å². The van der Waals surface area contributed by atoms with E-state index < -0.39 is 0 Å². The molecule has 0 spiro atoms. The number of aryl methyl sites for hydroxylation is 2. The van der Waals surface area contributed by atoms with Crippen LogP contribution in [-0.2, 0) is 32.9 Å². The van der Waals surface area contributed by atoms with Crippen LogP contribution in [0.5, 0.6) is 0 Å². The number of rotatable bonds is 5. The first-order valence-corrected chi connectivity index (χ1v) is 15.5. The molecule has 1 radical (unpaired) electrons. The molecule has 3 aromatic heterocycles. The van der Waals surface area contributed by atoms with Gasteiger partial charge in [-0.05, 0) is 65.4 Å². The summed E-state index contributed by atoms with van der Waals surface area (Å²) in [6, 6.07) is 42.1. The second-order valence-corrected chi connectivity index (χ2v) is 13.0.